The lowest BCUT2D eigenvalue weighted by Gasteiger charge is -2.18. The molecule has 0 fully saturated rings. The molecule has 1 heterocycles. The number of fused-ring (bicyclic) bond motifs is 1. The lowest BCUT2D eigenvalue weighted by molar-refractivity contribution is -0.382. The standard InChI is InChI=1S/C15H20N4O2/c1-3-18(4-2)11-10-17-14-8-7-13-12(6-5-9-16-13)15(14)19(20)21/h5-9,17H,3-4,10-11H2,1-2H3. The maximum absolute atomic E-state index is 11.4. The molecule has 1 aromatic heterocycles. The van der Waals surface area contributed by atoms with E-state index in [0.717, 1.165) is 19.6 Å². The van der Waals surface area contributed by atoms with Gasteiger partial charge in [0.25, 0.3) is 0 Å². The molecule has 0 radical (unpaired) electrons. The Morgan fingerprint density at radius 2 is 2.05 bits per heavy atom. The van der Waals surface area contributed by atoms with Crippen molar-refractivity contribution in [3.63, 3.8) is 0 Å². The van der Waals surface area contributed by atoms with Crippen molar-refractivity contribution in [2.24, 2.45) is 0 Å². The third-order valence-electron chi connectivity index (χ3n) is 3.58. The first-order chi connectivity index (χ1) is 10.2. The highest BCUT2D eigenvalue weighted by Gasteiger charge is 2.18. The SMILES string of the molecule is CCN(CC)CCNc1ccc2ncccc2c1[N+](=O)[O-]. The third kappa shape index (κ3) is 3.46. The van der Waals surface area contributed by atoms with E-state index in [1.54, 1.807) is 24.4 Å². The van der Waals surface area contributed by atoms with Gasteiger partial charge in [-0.25, -0.2) is 0 Å². The summed E-state index contributed by atoms with van der Waals surface area (Å²) >= 11 is 0. The molecule has 0 saturated carbocycles. The Kier molecular flexibility index (Phi) is 5.05. The Labute approximate surface area is 123 Å². The van der Waals surface area contributed by atoms with Gasteiger partial charge in [0.2, 0.25) is 0 Å². The Morgan fingerprint density at radius 3 is 2.71 bits per heavy atom. The van der Waals surface area contributed by atoms with Crippen LogP contribution in [0.1, 0.15) is 13.8 Å². The molecule has 2 rings (SSSR count). The topological polar surface area (TPSA) is 71.3 Å². The molecule has 0 aliphatic heterocycles. The van der Waals surface area contributed by atoms with Crippen LogP contribution in [0.5, 0.6) is 0 Å². The molecule has 0 amide bonds. The van der Waals surface area contributed by atoms with E-state index in [1.165, 1.54) is 0 Å². The molecule has 1 N–H and O–H groups in total. The largest absolute Gasteiger partial charge is 0.378 e. The molecular weight excluding hydrogens is 268 g/mol. The van der Waals surface area contributed by atoms with E-state index < -0.39 is 0 Å². The smallest absolute Gasteiger partial charge is 0.301 e. The highest BCUT2D eigenvalue weighted by Crippen LogP contribution is 2.32. The van der Waals surface area contributed by atoms with Gasteiger partial charge in [0.1, 0.15) is 5.69 Å². The number of likely N-dealkylation sites (N-methyl/N-ethyl adjacent to an activating group) is 1. The van der Waals surface area contributed by atoms with Crippen LogP contribution in [0, 0.1) is 10.1 Å². The molecule has 1 aromatic carbocycles. The van der Waals surface area contributed by atoms with Gasteiger partial charge < -0.3 is 10.2 Å². The highest BCUT2D eigenvalue weighted by molar-refractivity contribution is 5.94. The fourth-order valence-corrected chi connectivity index (χ4v) is 2.36. The van der Waals surface area contributed by atoms with Crippen LogP contribution < -0.4 is 5.32 Å². The van der Waals surface area contributed by atoms with Gasteiger partial charge in [0.15, 0.2) is 0 Å². The van der Waals surface area contributed by atoms with Crippen LogP contribution in [0.2, 0.25) is 0 Å². The minimum Gasteiger partial charge on any atom is -0.378 e. The van der Waals surface area contributed by atoms with Crippen LogP contribution in [0.4, 0.5) is 11.4 Å². The maximum Gasteiger partial charge on any atom is 0.301 e. The first kappa shape index (κ1) is 15.2. The molecule has 112 valence electrons. The first-order valence-corrected chi connectivity index (χ1v) is 7.15. The Morgan fingerprint density at radius 1 is 1.29 bits per heavy atom. The number of hydrogen-bond acceptors (Lipinski definition) is 5. The zero-order chi connectivity index (χ0) is 15.2. The fourth-order valence-electron chi connectivity index (χ4n) is 2.36. The average Bonchev–Trinajstić information content (AvgIpc) is 2.50. The number of hydrogen-bond donors (Lipinski definition) is 1. The number of nitrogens with one attached hydrogen (secondary N) is 1. The number of nitro benzene ring substituents is 1. The number of benzene rings is 1. The van der Waals surface area contributed by atoms with Gasteiger partial charge in [-0.2, -0.15) is 0 Å². The molecule has 0 saturated heterocycles. The van der Waals surface area contributed by atoms with Gasteiger partial charge in [-0.05, 0) is 37.4 Å². The van der Waals surface area contributed by atoms with Gasteiger partial charge >= 0.3 is 5.69 Å². The van der Waals surface area contributed by atoms with Crippen LogP contribution in [-0.4, -0.2) is 41.0 Å². The lowest BCUT2D eigenvalue weighted by atomic mass is 10.1. The summed E-state index contributed by atoms with van der Waals surface area (Å²) in [5.74, 6) is 0. The Bertz CT molecular complexity index is 626. The van der Waals surface area contributed by atoms with Crippen LogP contribution in [-0.2, 0) is 0 Å². The Balaban J connectivity index is 2.23. The predicted octanol–water partition coefficient (Wildman–Crippen LogP) is 2.90. The molecule has 21 heavy (non-hydrogen) atoms. The van der Waals surface area contributed by atoms with E-state index in [4.69, 9.17) is 0 Å². The summed E-state index contributed by atoms with van der Waals surface area (Å²) in [5, 5.41) is 15.1. The number of anilines is 1. The van der Waals surface area contributed by atoms with Crippen molar-refractivity contribution >= 4 is 22.3 Å². The predicted molar refractivity (Wildman–Crippen MR) is 84.7 cm³/mol. The van der Waals surface area contributed by atoms with Crippen molar-refractivity contribution in [1.29, 1.82) is 0 Å². The minimum atomic E-state index is -0.343. The molecule has 0 aliphatic carbocycles. The summed E-state index contributed by atoms with van der Waals surface area (Å²) in [5.41, 5.74) is 1.28. The molecule has 6 nitrogen and oxygen atoms in total. The van der Waals surface area contributed by atoms with Gasteiger partial charge in [-0.1, -0.05) is 13.8 Å². The summed E-state index contributed by atoms with van der Waals surface area (Å²) in [6, 6.07) is 6.99. The van der Waals surface area contributed by atoms with Gasteiger partial charge in [0, 0.05) is 19.3 Å². The van der Waals surface area contributed by atoms with Crippen molar-refractivity contribution in [3.8, 4) is 0 Å². The fraction of sp³-hybridized carbons (Fsp3) is 0.400. The zero-order valence-corrected chi connectivity index (χ0v) is 12.4. The van der Waals surface area contributed by atoms with Crippen molar-refractivity contribution in [1.82, 2.24) is 9.88 Å². The van der Waals surface area contributed by atoms with Crippen LogP contribution in [0.15, 0.2) is 30.5 Å². The summed E-state index contributed by atoms with van der Waals surface area (Å²) in [7, 11) is 0. The molecule has 0 bridgehead atoms. The molecule has 0 atom stereocenters. The van der Waals surface area contributed by atoms with E-state index in [-0.39, 0.29) is 10.6 Å². The second-order valence-corrected chi connectivity index (χ2v) is 4.74. The second-order valence-electron chi connectivity index (χ2n) is 4.74. The van der Waals surface area contributed by atoms with E-state index in [0.29, 0.717) is 23.1 Å². The molecule has 0 aliphatic rings. The second kappa shape index (κ2) is 6.99. The zero-order valence-electron chi connectivity index (χ0n) is 12.4. The molecule has 0 spiro atoms. The van der Waals surface area contributed by atoms with Crippen molar-refractivity contribution in [3.05, 3.63) is 40.6 Å². The van der Waals surface area contributed by atoms with E-state index in [2.05, 4.69) is 29.0 Å². The molecule has 0 unspecified atom stereocenters. The lowest BCUT2D eigenvalue weighted by Crippen LogP contribution is -2.28. The number of nitrogens with zero attached hydrogens (tertiary/aromatic N) is 3. The van der Waals surface area contributed by atoms with E-state index in [9.17, 15) is 10.1 Å². The summed E-state index contributed by atoms with van der Waals surface area (Å²) < 4.78 is 0. The number of aromatic nitrogens is 1. The number of pyridine rings is 1. The van der Waals surface area contributed by atoms with Crippen LogP contribution in [0.3, 0.4) is 0 Å². The molecule has 2 aromatic rings. The van der Waals surface area contributed by atoms with Crippen LogP contribution in [0.25, 0.3) is 10.9 Å². The summed E-state index contributed by atoms with van der Waals surface area (Å²) in [4.78, 5) is 17.5. The quantitative estimate of drug-likeness (QED) is 0.626. The number of nitro groups is 1. The molecule has 6 heteroatoms. The van der Waals surface area contributed by atoms with Crippen molar-refractivity contribution < 1.29 is 4.92 Å². The van der Waals surface area contributed by atoms with Crippen molar-refractivity contribution in [2.75, 3.05) is 31.5 Å². The normalized spacial score (nSPS) is 11.0. The Hall–Kier alpha value is -2.21. The highest BCUT2D eigenvalue weighted by atomic mass is 16.6. The average molecular weight is 288 g/mol. The maximum atomic E-state index is 11.4. The monoisotopic (exact) mass is 288 g/mol. The van der Waals surface area contributed by atoms with E-state index >= 15 is 0 Å². The van der Waals surface area contributed by atoms with Crippen molar-refractivity contribution in [2.45, 2.75) is 13.8 Å². The van der Waals surface area contributed by atoms with E-state index in [1.807, 2.05) is 6.07 Å². The first-order valence-electron chi connectivity index (χ1n) is 7.15. The summed E-state index contributed by atoms with van der Waals surface area (Å²) in [6.45, 7) is 7.69. The van der Waals surface area contributed by atoms with Gasteiger partial charge in [-0.15, -0.1) is 0 Å². The number of rotatable bonds is 7. The molecular formula is C15H20N4O2. The summed E-state index contributed by atoms with van der Waals surface area (Å²) in [6.07, 6.45) is 1.64. The van der Waals surface area contributed by atoms with Crippen LogP contribution >= 0.6 is 0 Å². The van der Waals surface area contributed by atoms with Gasteiger partial charge in [0.05, 0.1) is 15.8 Å². The third-order valence-corrected chi connectivity index (χ3v) is 3.58. The van der Waals surface area contributed by atoms with Gasteiger partial charge in [-0.3, -0.25) is 15.1 Å². The minimum absolute atomic E-state index is 0.0974.